The Hall–Kier alpha value is -1.11. The lowest BCUT2D eigenvalue weighted by atomic mass is 10.1. The average Bonchev–Trinajstić information content (AvgIpc) is 2.61. The molecule has 0 radical (unpaired) electrons. The molecular weight excluding hydrogens is 211 g/mol. The van der Waals surface area contributed by atoms with Crippen molar-refractivity contribution >= 4 is 0 Å². The number of hydrogen-bond donors (Lipinski definition) is 1. The first kappa shape index (κ1) is 12.0. The van der Waals surface area contributed by atoms with Gasteiger partial charge in [-0.3, -0.25) is 0 Å². The number of halogens is 3. The molecule has 0 bridgehead atoms. The Morgan fingerprint density at radius 3 is 2.53 bits per heavy atom. The molecule has 15 heavy (non-hydrogen) atoms. The van der Waals surface area contributed by atoms with E-state index in [0.717, 1.165) is 6.42 Å². The van der Waals surface area contributed by atoms with Crippen LogP contribution in [0.4, 0.5) is 13.2 Å². The minimum absolute atomic E-state index is 0.00326. The summed E-state index contributed by atoms with van der Waals surface area (Å²) in [5, 5.41) is 5.81. The van der Waals surface area contributed by atoms with E-state index in [1.807, 2.05) is 6.92 Å². The van der Waals surface area contributed by atoms with Crippen molar-refractivity contribution in [3.63, 3.8) is 0 Å². The number of likely N-dealkylation sites (N-methyl/N-ethyl adjacent to an activating group) is 1. The Labute approximate surface area is 84.9 Å². The molecule has 0 saturated heterocycles. The lowest BCUT2D eigenvalue weighted by molar-refractivity contribution is -0.146. The molecule has 1 aromatic heterocycles. The van der Waals surface area contributed by atoms with Crippen molar-refractivity contribution in [2.24, 2.45) is 0 Å². The van der Waals surface area contributed by atoms with Gasteiger partial charge >= 0.3 is 6.18 Å². The van der Waals surface area contributed by atoms with Gasteiger partial charge < -0.3 is 9.84 Å². The van der Waals surface area contributed by atoms with Gasteiger partial charge in [0.15, 0.2) is 0 Å². The van der Waals surface area contributed by atoms with E-state index in [-0.39, 0.29) is 11.9 Å². The Kier molecular flexibility index (Phi) is 3.67. The smallest absolute Gasteiger partial charge is 0.339 e. The van der Waals surface area contributed by atoms with E-state index >= 15 is 0 Å². The summed E-state index contributed by atoms with van der Waals surface area (Å²) < 4.78 is 40.8. The molecule has 0 spiro atoms. The van der Waals surface area contributed by atoms with E-state index in [1.165, 1.54) is 0 Å². The van der Waals surface area contributed by atoms with Gasteiger partial charge in [-0.1, -0.05) is 12.1 Å². The topological polar surface area (TPSA) is 51.0 Å². The second-order valence-corrected chi connectivity index (χ2v) is 3.11. The van der Waals surface area contributed by atoms with E-state index in [0.29, 0.717) is 6.42 Å². The van der Waals surface area contributed by atoms with E-state index < -0.39 is 12.0 Å². The van der Waals surface area contributed by atoms with Crippen molar-refractivity contribution in [1.29, 1.82) is 0 Å². The summed E-state index contributed by atoms with van der Waals surface area (Å²) in [4.78, 5) is 3.27. The summed E-state index contributed by atoms with van der Waals surface area (Å²) >= 11 is 0. The van der Waals surface area contributed by atoms with Gasteiger partial charge in [0.05, 0.1) is 0 Å². The lowest BCUT2D eigenvalue weighted by Gasteiger charge is -2.09. The zero-order chi connectivity index (χ0) is 11.5. The van der Waals surface area contributed by atoms with Crippen LogP contribution in [0.3, 0.4) is 0 Å². The quantitative estimate of drug-likeness (QED) is 0.842. The Morgan fingerprint density at radius 1 is 1.47 bits per heavy atom. The predicted octanol–water partition coefficient (Wildman–Crippen LogP) is 1.63. The van der Waals surface area contributed by atoms with Gasteiger partial charge in [-0.25, -0.2) is 0 Å². The fourth-order valence-electron chi connectivity index (χ4n) is 1.11. The molecule has 1 atom stereocenters. The average molecular weight is 223 g/mol. The molecule has 1 heterocycles. The normalized spacial score (nSPS) is 14.2. The summed E-state index contributed by atoms with van der Waals surface area (Å²) in [6.07, 6.45) is -3.46. The number of aromatic nitrogens is 2. The van der Waals surface area contributed by atoms with Crippen molar-refractivity contribution in [2.45, 2.75) is 32.0 Å². The number of nitrogens with one attached hydrogen (secondary N) is 1. The molecule has 1 aromatic rings. The number of hydrogen-bond acceptors (Lipinski definition) is 4. The lowest BCUT2D eigenvalue weighted by Crippen LogP contribution is -2.26. The van der Waals surface area contributed by atoms with Crippen molar-refractivity contribution in [3.05, 3.63) is 11.7 Å². The predicted molar refractivity (Wildman–Crippen MR) is 46.1 cm³/mol. The monoisotopic (exact) mass is 223 g/mol. The molecule has 1 rings (SSSR count). The molecule has 0 saturated carbocycles. The molecular formula is C8H12F3N3O. The summed E-state index contributed by atoms with van der Waals surface area (Å²) in [7, 11) is 1.73. The van der Waals surface area contributed by atoms with Gasteiger partial charge in [0.2, 0.25) is 5.89 Å². The van der Waals surface area contributed by atoms with Gasteiger partial charge in [0.1, 0.15) is 0 Å². The van der Waals surface area contributed by atoms with Crippen molar-refractivity contribution in [1.82, 2.24) is 15.5 Å². The van der Waals surface area contributed by atoms with Crippen molar-refractivity contribution in [3.8, 4) is 0 Å². The third-order valence-corrected chi connectivity index (χ3v) is 2.04. The molecule has 7 heteroatoms. The Balaban J connectivity index is 2.68. The highest BCUT2D eigenvalue weighted by molar-refractivity contribution is 4.92. The van der Waals surface area contributed by atoms with Crippen LogP contribution < -0.4 is 5.32 Å². The first-order valence-corrected chi connectivity index (χ1v) is 4.54. The highest BCUT2D eigenvalue weighted by atomic mass is 19.4. The minimum Gasteiger partial charge on any atom is -0.339 e. The molecule has 0 aromatic carbocycles. The summed E-state index contributed by atoms with van der Waals surface area (Å²) in [5.74, 6) is -1.22. The van der Waals surface area contributed by atoms with Crippen LogP contribution in [0.5, 0.6) is 0 Å². The molecule has 1 N–H and O–H groups in total. The number of alkyl halides is 3. The van der Waals surface area contributed by atoms with Crippen LogP contribution in [0.25, 0.3) is 0 Å². The number of nitrogens with zero attached hydrogens (tertiary/aromatic N) is 2. The molecule has 86 valence electrons. The highest BCUT2D eigenvalue weighted by Crippen LogP contribution is 2.26. The first-order chi connectivity index (χ1) is 6.97. The fourth-order valence-corrected chi connectivity index (χ4v) is 1.11. The minimum atomic E-state index is -4.54. The third-order valence-electron chi connectivity index (χ3n) is 2.04. The van der Waals surface area contributed by atoms with Crippen LogP contribution >= 0.6 is 0 Å². The van der Waals surface area contributed by atoms with E-state index in [4.69, 9.17) is 0 Å². The van der Waals surface area contributed by atoms with Gasteiger partial charge in [-0.15, -0.1) is 0 Å². The van der Waals surface area contributed by atoms with Crippen LogP contribution in [0.2, 0.25) is 0 Å². The maximum atomic E-state index is 12.1. The molecule has 0 fully saturated rings. The van der Waals surface area contributed by atoms with Crippen LogP contribution in [-0.2, 0) is 12.6 Å². The van der Waals surface area contributed by atoms with E-state index in [9.17, 15) is 13.2 Å². The van der Waals surface area contributed by atoms with Gasteiger partial charge in [-0.05, 0) is 13.5 Å². The summed E-state index contributed by atoms with van der Waals surface area (Å²) in [5.41, 5.74) is 0. The molecule has 0 aliphatic rings. The molecule has 0 aliphatic heterocycles. The van der Waals surface area contributed by atoms with Gasteiger partial charge in [0, 0.05) is 12.5 Å². The van der Waals surface area contributed by atoms with Crippen molar-refractivity contribution < 1.29 is 17.7 Å². The standard InChI is InChI=1S/C8H12F3N3O/c1-3-5(12-2)4-6-13-7(14-15-6)8(9,10)11/h5,12H,3-4H2,1-2H3. The Morgan fingerprint density at radius 2 is 2.13 bits per heavy atom. The molecule has 0 aliphatic carbocycles. The first-order valence-electron chi connectivity index (χ1n) is 4.54. The Bertz CT molecular complexity index is 306. The van der Waals surface area contributed by atoms with E-state index in [2.05, 4.69) is 20.0 Å². The fraction of sp³-hybridized carbons (Fsp3) is 0.750. The second-order valence-electron chi connectivity index (χ2n) is 3.11. The van der Waals surface area contributed by atoms with Crippen LogP contribution in [0.15, 0.2) is 4.52 Å². The highest BCUT2D eigenvalue weighted by Gasteiger charge is 2.37. The molecule has 1 unspecified atom stereocenters. The number of rotatable bonds is 4. The van der Waals surface area contributed by atoms with Gasteiger partial charge in [-0.2, -0.15) is 18.2 Å². The zero-order valence-electron chi connectivity index (χ0n) is 8.43. The summed E-state index contributed by atoms with van der Waals surface area (Å²) in [6, 6.07) is 0.0477. The largest absolute Gasteiger partial charge is 0.455 e. The van der Waals surface area contributed by atoms with Crippen LogP contribution in [-0.4, -0.2) is 23.2 Å². The van der Waals surface area contributed by atoms with Crippen LogP contribution in [0.1, 0.15) is 25.1 Å². The maximum absolute atomic E-state index is 12.1. The summed E-state index contributed by atoms with van der Waals surface area (Å²) in [6.45, 7) is 1.92. The van der Waals surface area contributed by atoms with E-state index in [1.54, 1.807) is 7.05 Å². The van der Waals surface area contributed by atoms with Crippen molar-refractivity contribution in [2.75, 3.05) is 7.05 Å². The maximum Gasteiger partial charge on any atom is 0.455 e. The third kappa shape index (κ3) is 3.19. The second kappa shape index (κ2) is 4.61. The molecule has 4 nitrogen and oxygen atoms in total. The van der Waals surface area contributed by atoms with Gasteiger partial charge in [0.25, 0.3) is 5.82 Å². The zero-order valence-corrected chi connectivity index (χ0v) is 8.43. The molecule has 0 amide bonds. The van der Waals surface area contributed by atoms with Crippen LogP contribution in [0, 0.1) is 0 Å². The SMILES string of the molecule is CCC(Cc1nc(C(F)(F)F)no1)NC.